The molecule has 0 N–H and O–H groups in total. The second-order valence-electron chi connectivity index (χ2n) is 4.01. The summed E-state index contributed by atoms with van der Waals surface area (Å²) in [6, 6.07) is 11.3. The Labute approximate surface area is 127 Å². The average molecular weight is 327 g/mol. The molecule has 0 bridgehead atoms. The van der Waals surface area contributed by atoms with Crippen LogP contribution in [0.15, 0.2) is 53.4 Å². The van der Waals surface area contributed by atoms with E-state index in [0.717, 1.165) is 0 Å². The van der Waals surface area contributed by atoms with Crippen molar-refractivity contribution in [3.8, 4) is 5.75 Å². The molecule has 0 unspecified atom stereocenters. The van der Waals surface area contributed by atoms with Gasteiger partial charge in [0.15, 0.2) is 0 Å². The molecule has 0 aromatic heterocycles. The summed E-state index contributed by atoms with van der Waals surface area (Å²) in [5.74, 6) is -0.558. The van der Waals surface area contributed by atoms with E-state index in [1.807, 2.05) is 0 Å². The minimum absolute atomic E-state index is 0.0212. The highest BCUT2D eigenvalue weighted by molar-refractivity contribution is 7.87. The number of methoxy groups -OCH3 is 1. The first kappa shape index (κ1) is 15.3. The Balaban J connectivity index is 2.28. The first-order valence-corrected chi connectivity index (χ1v) is 7.59. The molecule has 2 aromatic rings. The third-order valence-corrected chi connectivity index (χ3v) is 4.08. The third-order valence-electron chi connectivity index (χ3n) is 2.56. The Hall–Kier alpha value is -2.05. The second-order valence-corrected chi connectivity index (χ2v) is 5.99. The first-order valence-electron chi connectivity index (χ1n) is 5.81. The molecule has 0 amide bonds. The van der Waals surface area contributed by atoms with Gasteiger partial charge in [-0.3, -0.25) is 0 Å². The summed E-state index contributed by atoms with van der Waals surface area (Å²) in [6.45, 7) is 0. The van der Waals surface area contributed by atoms with Crippen LogP contribution in [-0.4, -0.2) is 21.5 Å². The Kier molecular flexibility index (Phi) is 4.50. The summed E-state index contributed by atoms with van der Waals surface area (Å²) < 4.78 is 33.7. The lowest BCUT2D eigenvalue weighted by Gasteiger charge is -2.08. The van der Waals surface area contributed by atoms with Gasteiger partial charge < -0.3 is 8.92 Å². The summed E-state index contributed by atoms with van der Waals surface area (Å²) in [4.78, 5) is 11.4. The highest BCUT2D eigenvalue weighted by Gasteiger charge is 2.17. The monoisotopic (exact) mass is 326 g/mol. The van der Waals surface area contributed by atoms with Gasteiger partial charge in [-0.2, -0.15) is 8.42 Å². The Morgan fingerprint density at radius 3 is 2.38 bits per heavy atom. The van der Waals surface area contributed by atoms with Crippen molar-refractivity contribution < 1.29 is 22.1 Å². The number of hydrogen-bond acceptors (Lipinski definition) is 5. The molecule has 0 aliphatic heterocycles. The standard InChI is InChI=1S/C14H11ClO5S/c1-19-14(16)10-3-2-4-12(9-10)20-21(17,18)13-7-5-11(15)6-8-13/h2-9H,1H3. The van der Waals surface area contributed by atoms with Crippen molar-refractivity contribution in [3.63, 3.8) is 0 Å². The minimum Gasteiger partial charge on any atom is -0.465 e. The van der Waals surface area contributed by atoms with E-state index in [-0.39, 0.29) is 16.2 Å². The molecule has 0 aliphatic rings. The van der Waals surface area contributed by atoms with Crippen molar-refractivity contribution in [2.75, 3.05) is 7.11 Å². The van der Waals surface area contributed by atoms with Crippen molar-refractivity contribution in [3.05, 3.63) is 59.1 Å². The molecule has 21 heavy (non-hydrogen) atoms. The van der Waals surface area contributed by atoms with E-state index in [2.05, 4.69) is 4.74 Å². The fraction of sp³-hybridized carbons (Fsp3) is 0.0714. The first-order chi connectivity index (χ1) is 9.92. The molecule has 7 heteroatoms. The highest BCUT2D eigenvalue weighted by Crippen LogP contribution is 2.21. The van der Waals surface area contributed by atoms with E-state index in [1.54, 1.807) is 0 Å². The number of rotatable bonds is 4. The lowest BCUT2D eigenvalue weighted by Crippen LogP contribution is -2.10. The summed E-state index contributed by atoms with van der Waals surface area (Å²) in [5.41, 5.74) is 0.196. The van der Waals surface area contributed by atoms with Crippen molar-refractivity contribution in [2.24, 2.45) is 0 Å². The highest BCUT2D eigenvalue weighted by atomic mass is 35.5. The summed E-state index contributed by atoms with van der Waals surface area (Å²) >= 11 is 5.71. The quantitative estimate of drug-likeness (QED) is 0.638. The van der Waals surface area contributed by atoms with Crippen LogP contribution >= 0.6 is 11.6 Å². The summed E-state index contributed by atoms with van der Waals surface area (Å²) in [5, 5.41) is 0.418. The predicted molar refractivity (Wildman–Crippen MR) is 77.0 cm³/mol. The number of esters is 1. The molecule has 0 atom stereocenters. The van der Waals surface area contributed by atoms with Gasteiger partial charge in [-0.15, -0.1) is 0 Å². The molecule has 0 saturated heterocycles. The van der Waals surface area contributed by atoms with Gasteiger partial charge in [0.05, 0.1) is 12.7 Å². The van der Waals surface area contributed by atoms with Crippen molar-refractivity contribution in [2.45, 2.75) is 4.90 Å². The van der Waals surface area contributed by atoms with Gasteiger partial charge in [-0.05, 0) is 42.5 Å². The van der Waals surface area contributed by atoms with Crippen molar-refractivity contribution in [1.29, 1.82) is 0 Å². The average Bonchev–Trinajstić information content (AvgIpc) is 2.46. The molecular weight excluding hydrogens is 316 g/mol. The van der Waals surface area contributed by atoms with E-state index in [0.29, 0.717) is 5.02 Å². The lowest BCUT2D eigenvalue weighted by atomic mass is 10.2. The van der Waals surface area contributed by atoms with Crippen LogP contribution in [0.25, 0.3) is 0 Å². The van der Waals surface area contributed by atoms with E-state index in [4.69, 9.17) is 15.8 Å². The number of benzene rings is 2. The van der Waals surface area contributed by atoms with Gasteiger partial charge in [-0.25, -0.2) is 4.79 Å². The van der Waals surface area contributed by atoms with Crippen LogP contribution < -0.4 is 4.18 Å². The van der Waals surface area contributed by atoms with Crippen LogP contribution in [0.5, 0.6) is 5.75 Å². The topological polar surface area (TPSA) is 69.7 Å². The molecule has 0 radical (unpaired) electrons. The largest absolute Gasteiger partial charge is 0.465 e. The van der Waals surface area contributed by atoms with Crippen LogP contribution in [0.2, 0.25) is 5.02 Å². The van der Waals surface area contributed by atoms with E-state index < -0.39 is 16.1 Å². The lowest BCUT2D eigenvalue weighted by molar-refractivity contribution is 0.0600. The zero-order valence-electron chi connectivity index (χ0n) is 10.9. The fourth-order valence-electron chi connectivity index (χ4n) is 1.57. The SMILES string of the molecule is COC(=O)c1cccc(OS(=O)(=O)c2ccc(Cl)cc2)c1. The zero-order valence-corrected chi connectivity index (χ0v) is 12.5. The number of ether oxygens (including phenoxy) is 1. The predicted octanol–water partition coefficient (Wildman–Crippen LogP) is 2.89. The van der Waals surface area contributed by atoms with Crippen LogP contribution in [0.3, 0.4) is 0 Å². The van der Waals surface area contributed by atoms with E-state index in [1.165, 1.54) is 55.6 Å². The van der Waals surface area contributed by atoms with Gasteiger partial charge in [0.2, 0.25) is 0 Å². The number of carbonyl (C=O) groups excluding carboxylic acids is 1. The maximum absolute atomic E-state index is 12.1. The van der Waals surface area contributed by atoms with Gasteiger partial charge in [0.25, 0.3) is 0 Å². The van der Waals surface area contributed by atoms with Gasteiger partial charge >= 0.3 is 16.1 Å². The fourth-order valence-corrected chi connectivity index (χ4v) is 2.62. The van der Waals surface area contributed by atoms with Gasteiger partial charge in [-0.1, -0.05) is 17.7 Å². The Bertz CT molecular complexity index is 753. The number of carbonyl (C=O) groups is 1. The molecule has 0 saturated carbocycles. The second kappa shape index (κ2) is 6.15. The van der Waals surface area contributed by atoms with Crippen LogP contribution in [0.4, 0.5) is 0 Å². The molecule has 0 heterocycles. The van der Waals surface area contributed by atoms with Gasteiger partial charge in [0.1, 0.15) is 10.6 Å². The van der Waals surface area contributed by atoms with Crippen LogP contribution in [-0.2, 0) is 14.9 Å². The molecule has 0 aliphatic carbocycles. The van der Waals surface area contributed by atoms with Crippen LogP contribution in [0.1, 0.15) is 10.4 Å². The zero-order chi connectivity index (χ0) is 15.5. The molecule has 110 valence electrons. The minimum atomic E-state index is -3.99. The van der Waals surface area contributed by atoms with Crippen molar-refractivity contribution >= 4 is 27.7 Å². The van der Waals surface area contributed by atoms with Crippen LogP contribution in [0, 0.1) is 0 Å². The maximum Gasteiger partial charge on any atom is 0.339 e. The summed E-state index contributed by atoms with van der Waals surface area (Å²) in [7, 11) is -2.75. The molecule has 0 spiro atoms. The molecule has 2 rings (SSSR count). The molecule has 5 nitrogen and oxygen atoms in total. The Morgan fingerprint density at radius 2 is 1.76 bits per heavy atom. The van der Waals surface area contributed by atoms with E-state index in [9.17, 15) is 13.2 Å². The normalized spacial score (nSPS) is 11.0. The van der Waals surface area contributed by atoms with Crippen molar-refractivity contribution in [1.82, 2.24) is 0 Å². The number of hydrogen-bond donors (Lipinski definition) is 0. The third kappa shape index (κ3) is 3.74. The Morgan fingerprint density at radius 1 is 1.10 bits per heavy atom. The van der Waals surface area contributed by atoms with Gasteiger partial charge in [0, 0.05) is 5.02 Å². The summed E-state index contributed by atoms with van der Waals surface area (Å²) in [6.07, 6.45) is 0. The van der Waals surface area contributed by atoms with E-state index >= 15 is 0 Å². The molecule has 2 aromatic carbocycles. The smallest absolute Gasteiger partial charge is 0.339 e. The number of halogens is 1. The maximum atomic E-state index is 12.1. The molecular formula is C14H11ClO5S. The molecule has 0 fully saturated rings.